The van der Waals surface area contributed by atoms with Crippen molar-refractivity contribution in [2.45, 2.75) is 85.0 Å². The van der Waals surface area contributed by atoms with Gasteiger partial charge in [0.05, 0.1) is 26.7 Å². The Labute approximate surface area is 117 Å². The fourth-order valence-electron chi connectivity index (χ4n) is 3.04. The standard InChI is InChI=1S/C17H38N/c1-5-8-9-10-11-12-13-14-17-18(4,15-6-2)16-7-3/h5-17H2,1-4H3/q+1. The summed E-state index contributed by atoms with van der Waals surface area (Å²) in [6.45, 7) is 11.1. The van der Waals surface area contributed by atoms with Gasteiger partial charge in [0.2, 0.25) is 0 Å². The number of rotatable bonds is 13. The van der Waals surface area contributed by atoms with E-state index < -0.39 is 0 Å². The highest BCUT2D eigenvalue weighted by Crippen LogP contribution is 2.12. The van der Waals surface area contributed by atoms with Crippen molar-refractivity contribution < 1.29 is 4.48 Å². The molecule has 18 heavy (non-hydrogen) atoms. The van der Waals surface area contributed by atoms with Gasteiger partial charge in [-0.2, -0.15) is 0 Å². The van der Waals surface area contributed by atoms with Crippen molar-refractivity contribution in [1.29, 1.82) is 0 Å². The zero-order valence-electron chi connectivity index (χ0n) is 13.6. The quantitative estimate of drug-likeness (QED) is 0.306. The van der Waals surface area contributed by atoms with E-state index in [4.69, 9.17) is 0 Å². The Morgan fingerprint density at radius 2 is 0.944 bits per heavy atom. The van der Waals surface area contributed by atoms with Crippen LogP contribution in [0.2, 0.25) is 0 Å². The Balaban J connectivity index is 3.49. The maximum Gasteiger partial charge on any atom is 0.0784 e. The van der Waals surface area contributed by atoms with E-state index in [9.17, 15) is 0 Å². The molecule has 0 unspecified atom stereocenters. The van der Waals surface area contributed by atoms with E-state index >= 15 is 0 Å². The number of quaternary nitrogens is 1. The van der Waals surface area contributed by atoms with Gasteiger partial charge in [0.15, 0.2) is 0 Å². The molecule has 0 amide bonds. The van der Waals surface area contributed by atoms with Crippen molar-refractivity contribution in [3.8, 4) is 0 Å². The second kappa shape index (κ2) is 12.0. The number of hydrogen-bond donors (Lipinski definition) is 0. The molecule has 0 saturated heterocycles. The maximum atomic E-state index is 2.45. The summed E-state index contributed by atoms with van der Waals surface area (Å²) < 4.78 is 1.31. The highest BCUT2D eigenvalue weighted by atomic mass is 15.3. The van der Waals surface area contributed by atoms with Crippen LogP contribution in [0.5, 0.6) is 0 Å². The third-order valence-corrected chi connectivity index (χ3v) is 4.08. The van der Waals surface area contributed by atoms with E-state index in [1.54, 1.807) is 0 Å². The van der Waals surface area contributed by atoms with Crippen molar-refractivity contribution >= 4 is 0 Å². The molecule has 0 atom stereocenters. The fourth-order valence-corrected chi connectivity index (χ4v) is 3.04. The molecule has 0 aromatic carbocycles. The summed E-state index contributed by atoms with van der Waals surface area (Å²) in [6.07, 6.45) is 14.2. The molecule has 0 aliphatic rings. The van der Waals surface area contributed by atoms with Crippen LogP contribution in [-0.2, 0) is 0 Å². The van der Waals surface area contributed by atoms with Crippen LogP contribution in [0.4, 0.5) is 0 Å². The molecule has 0 radical (unpaired) electrons. The second-order valence-electron chi connectivity index (χ2n) is 6.27. The van der Waals surface area contributed by atoms with E-state index in [1.807, 2.05) is 0 Å². The first-order chi connectivity index (χ1) is 8.68. The minimum absolute atomic E-state index is 1.31. The van der Waals surface area contributed by atoms with E-state index in [1.165, 1.54) is 88.3 Å². The molecule has 0 rings (SSSR count). The van der Waals surface area contributed by atoms with Crippen molar-refractivity contribution in [3.63, 3.8) is 0 Å². The van der Waals surface area contributed by atoms with Gasteiger partial charge in [0, 0.05) is 0 Å². The third-order valence-electron chi connectivity index (χ3n) is 4.08. The second-order valence-corrected chi connectivity index (χ2v) is 6.27. The molecule has 0 aromatic rings. The zero-order chi connectivity index (χ0) is 13.7. The Hall–Kier alpha value is -0.0400. The highest BCUT2D eigenvalue weighted by Gasteiger charge is 2.18. The summed E-state index contributed by atoms with van der Waals surface area (Å²) in [6, 6.07) is 0. The minimum Gasteiger partial charge on any atom is -0.326 e. The van der Waals surface area contributed by atoms with E-state index in [0.717, 1.165) is 0 Å². The van der Waals surface area contributed by atoms with Crippen LogP contribution in [0.15, 0.2) is 0 Å². The number of hydrogen-bond acceptors (Lipinski definition) is 0. The van der Waals surface area contributed by atoms with Gasteiger partial charge in [-0.1, -0.05) is 59.3 Å². The Kier molecular flexibility index (Phi) is 12.0. The molecule has 0 aromatic heterocycles. The number of unbranched alkanes of at least 4 members (excludes halogenated alkanes) is 7. The Morgan fingerprint density at radius 1 is 0.500 bits per heavy atom. The molecular formula is C17H38N+. The normalized spacial score (nSPS) is 12.0. The average Bonchev–Trinajstić information content (AvgIpc) is 2.33. The summed E-state index contributed by atoms with van der Waals surface area (Å²) in [5, 5.41) is 0. The molecule has 1 heteroatoms. The molecule has 0 spiro atoms. The fraction of sp³-hybridized carbons (Fsp3) is 1.00. The summed E-state index contributed by atoms with van der Waals surface area (Å²) >= 11 is 0. The predicted molar refractivity (Wildman–Crippen MR) is 84.0 cm³/mol. The van der Waals surface area contributed by atoms with E-state index in [0.29, 0.717) is 0 Å². The van der Waals surface area contributed by atoms with Gasteiger partial charge in [-0.3, -0.25) is 0 Å². The summed E-state index contributed by atoms with van der Waals surface area (Å²) in [5.41, 5.74) is 0. The van der Waals surface area contributed by atoms with Crippen LogP contribution in [-0.4, -0.2) is 31.2 Å². The molecule has 0 saturated carbocycles. The lowest BCUT2D eigenvalue weighted by molar-refractivity contribution is -0.909. The number of nitrogens with zero attached hydrogens (tertiary/aromatic N) is 1. The van der Waals surface area contributed by atoms with Gasteiger partial charge in [-0.15, -0.1) is 0 Å². The van der Waals surface area contributed by atoms with Crippen LogP contribution in [0.1, 0.15) is 85.0 Å². The molecular weight excluding hydrogens is 218 g/mol. The van der Waals surface area contributed by atoms with Gasteiger partial charge in [-0.25, -0.2) is 0 Å². The van der Waals surface area contributed by atoms with E-state index in [2.05, 4.69) is 27.8 Å². The van der Waals surface area contributed by atoms with Crippen LogP contribution in [0.25, 0.3) is 0 Å². The molecule has 1 nitrogen and oxygen atoms in total. The molecule has 0 aliphatic carbocycles. The summed E-state index contributed by atoms with van der Waals surface area (Å²) in [5.74, 6) is 0. The van der Waals surface area contributed by atoms with Crippen LogP contribution in [0.3, 0.4) is 0 Å². The SMILES string of the molecule is CCCCCCCCCC[N+](C)(CCC)CCC. The van der Waals surface area contributed by atoms with Gasteiger partial charge in [0.1, 0.15) is 0 Å². The molecule has 0 bridgehead atoms. The smallest absolute Gasteiger partial charge is 0.0784 e. The van der Waals surface area contributed by atoms with Crippen LogP contribution in [0, 0.1) is 0 Å². The minimum atomic E-state index is 1.31. The zero-order valence-corrected chi connectivity index (χ0v) is 13.6. The summed E-state index contributed by atoms with van der Waals surface area (Å²) in [4.78, 5) is 0. The van der Waals surface area contributed by atoms with Crippen molar-refractivity contribution in [2.24, 2.45) is 0 Å². The Bertz CT molecular complexity index is 159. The lowest BCUT2D eigenvalue weighted by atomic mass is 10.1. The predicted octanol–water partition coefficient (Wildman–Crippen LogP) is 5.39. The molecule has 110 valence electrons. The van der Waals surface area contributed by atoms with Crippen molar-refractivity contribution in [3.05, 3.63) is 0 Å². The average molecular weight is 256 g/mol. The van der Waals surface area contributed by atoms with Crippen molar-refractivity contribution in [1.82, 2.24) is 0 Å². The first-order valence-electron chi connectivity index (χ1n) is 8.52. The van der Waals surface area contributed by atoms with Crippen molar-refractivity contribution in [2.75, 3.05) is 26.7 Å². The highest BCUT2D eigenvalue weighted by molar-refractivity contribution is 4.47. The van der Waals surface area contributed by atoms with Crippen LogP contribution < -0.4 is 0 Å². The third kappa shape index (κ3) is 9.94. The Morgan fingerprint density at radius 3 is 1.39 bits per heavy atom. The molecule has 0 N–H and O–H groups in total. The lowest BCUT2D eigenvalue weighted by Crippen LogP contribution is -2.45. The topological polar surface area (TPSA) is 0 Å². The first-order valence-corrected chi connectivity index (χ1v) is 8.52. The monoisotopic (exact) mass is 256 g/mol. The van der Waals surface area contributed by atoms with Gasteiger partial charge in [-0.05, 0) is 25.7 Å². The molecule has 0 heterocycles. The largest absolute Gasteiger partial charge is 0.326 e. The molecule has 0 aliphatic heterocycles. The first kappa shape index (κ1) is 18.0. The van der Waals surface area contributed by atoms with Gasteiger partial charge < -0.3 is 4.48 Å². The molecule has 0 fully saturated rings. The maximum absolute atomic E-state index is 2.45. The van der Waals surface area contributed by atoms with Gasteiger partial charge >= 0.3 is 0 Å². The summed E-state index contributed by atoms with van der Waals surface area (Å²) in [7, 11) is 2.45. The lowest BCUT2D eigenvalue weighted by Gasteiger charge is -2.34. The van der Waals surface area contributed by atoms with Crippen LogP contribution >= 0.6 is 0 Å². The van der Waals surface area contributed by atoms with E-state index in [-0.39, 0.29) is 0 Å². The van der Waals surface area contributed by atoms with Gasteiger partial charge in [0.25, 0.3) is 0 Å².